The predicted octanol–water partition coefficient (Wildman–Crippen LogP) is 4.43. The minimum absolute atomic E-state index is 0.0801. The predicted molar refractivity (Wildman–Crippen MR) is 64.3 cm³/mol. The number of hydrogen-bond acceptors (Lipinski definition) is 2. The highest BCUT2D eigenvalue weighted by Crippen LogP contribution is 2.32. The van der Waals surface area contributed by atoms with Crippen LogP contribution in [0.2, 0.25) is 0 Å². The molecular weight excluding hydrogens is 261 g/mol. The highest BCUT2D eigenvalue weighted by Gasteiger charge is 2.15. The lowest BCUT2D eigenvalue weighted by Gasteiger charge is -2.01. The van der Waals surface area contributed by atoms with Crippen molar-refractivity contribution in [3.8, 4) is 10.4 Å². The second-order valence-corrected chi connectivity index (χ2v) is 4.77. The Labute approximate surface area is 106 Å². The number of carbonyl (C=O) groups excluding carboxylic acids is 1. The first-order valence-corrected chi connectivity index (χ1v) is 6.12. The Morgan fingerprint density at radius 1 is 1.22 bits per heavy atom. The van der Waals surface area contributed by atoms with Crippen LogP contribution in [0.25, 0.3) is 10.4 Å². The highest BCUT2D eigenvalue weighted by atomic mass is 32.1. The number of ketones is 1. The number of carbonyl (C=O) groups is 1. The maximum atomic E-state index is 13.5. The van der Waals surface area contributed by atoms with Gasteiger partial charge >= 0.3 is 0 Å². The molecule has 0 aliphatic carbocycles. The van der Waals surface area contributed by atoms with E-state index in [2.05, 4.69) is 0 Å². The fourth-order valence-electron chi connectivity index (χ4n) is 1.54. The normalized spacial score (nSPS) is 10.7. The van der Waals surface area contributed by atoms with Gasteiger partial charge in [0.1, 0.15) is 5.82 Å². The molecule has 94 valence electrons. The molecule has 0 aliphatic rings. The smallest absolute Gasteiger partial charge is 0.172 e. The van der Waals surface area contributed by atoms with E-state index in [1.54, 1.807) is 6.92 Å². The van der Waals surface area contributed by atoms with E-state index in [1.807, 2.05) is 0 Å². The zero-order valence-electron chi connectivity index (χ0n) is 9.47. The van der Waals surface area contributed by atoms with Crippen molar-refractivity contribution in [2.45, 2.75) is 13.3 Å². The monoisotopic (exact) mass is 270 g/mol. The van der Waals surface area contributed by atoms with Gasteiger partial charge in [0.2, 0.25) is 0 Å². The first-order chi connectivity index (χ1) is 8.52. The molecule has 1 aromatic carbocycles. The Balaban J connectivity index is 2.49. The largest absolute Gasteiger partial charge is 0.293 e. The van der Waals surface area contributed by atoms with Crippen molar-refractivity contribution in [2.75, 3.05) is 0 Å². The van der Waals surface area contributed by atoms with Crippen LogP contribution in [-0.4, -0.2) is 5.78 Å². The topological polar surface area (TPSA) is 17.1 Å². The summed E-state index contributed by atoms with van der Waals surface area (Å²) in [5.41, 5.74) is -0.160. The summed E-state index contributed by atoms with van der Waals surface area (Å²) in [4.78, 5) is 12.2. The first-order valence-electron chi connectivity index (χ1n) is 5.31. The van der Waals surface area contributed by atoms with Crippen molar-refractivity contribution in [3.63, 3.8) is 0 Å². The number of Topliss-reactive ketones (excluding diaryl/α,β-unsaturated/α-hetero) is 1. The molecule has 2 rings (SSSR count). The lowest BCUT2D eigenvalue weighted by Crippen LogP contribution is -1.91. The molecule has 18 heavy (non-hydrogen) atoms. The van der Waals surface area contributed by atoms with Gasteiger partial charge in [0.25, 0.3) is 0 Å². The van der Waals surface area contributed by atoms with E-state index in [-0.39, 0.29) is 11.3 Å². The van der Waals surface area contributed by atoms with E-state index in [4.69, 9.17) is 0 Å². The molecule has 0 fully saturated rings. The highest BCUT2D eigenvalue weighted by molar-refractivity contribution is 7.17. The van der Waals surface area contributed by atoms with Gasteiger partial charge in [-0.2, -0.15) is 0 Å². The average Bonchev–Trinajstić information content (AvgIpc) is 2.82. The molecule has 0 spiro atoms. The van der Waals surface area contributed by atoms with Crippen LogP contribution in [-0.2, 0) is 0 Å². The summed E-state index contributed by atoms with van der Waals surface area (Å²) in [6.07, 6.45) is 0.333. The van der Waals surface area contributed by atoms with Crippen LogP contribution in [0.15, 0.2) is 24.3 Å². The Morgan fingerprint density at radius 2 is 1.94 bits per heavy atom. The zero-order valence-corrected chi connectivity index (χ0v) is 10.3. The molecule has 0 aliphatic heterocycles. The van der Waals surface area contributed by atoms with Crippen LogP contribution in [0, 0.1) is 17.5 Å². The molecule has 0 bridgehead atoms. The maximum Gasteiger partial charge on any atom is 0.172 e. The molecule has 0 saturated heterocycles. The number of halogens is 3. The lowest BCUT2D eigenvalue weighted by atomic mass is 10.1. The molecule has 0 radical (unpaired) electrons. The third-order valence-electron chi connectivity index (χ3n) is 2.46. The van der Waals surface area contributed by atoms with E-state index in [9.17, 15) is 18.0 Å². The Morgan fingerprint density at radius 3 is 2.61 bits per heavy atom. The summed E-state index contributed by atoms with van der Waals surface area (Å²) in [5.74, 6) is -3.26. The van der Waals surface area contributed by atoms with Gasteiger partial charge in [-0.15, -0.1) is 11.3 Å². The van der Waals surface area contributed by atoms with Crippen LogP contribution < -0.4 is 0 Å². The number of thiophene rings is 1. The average molecular weight is 270 g/mol. The molecule has 1 nitrogen and oxygen atoms in total. The van der Waals surface area contributed by atoms with Crippen LogP contribution in [0.1, 0.15) is 23.0 Å². The van der Waals surface area contributed by atoms with Crippen LogP contribution in [0.5, 0.6) is 0 Å². The SMILES string of the molecule is CCC(=O)c1ccc(-c2cc(F)cc(F)c2F)s1. The number of rotatable bonds is 3. The van der Waals surface area contributed by atoms with Gasteiger partial charge < -0.3 is 0 Å². The Kier molecular flexibility index (Phi) is 3.52. The molecule has 0 amide bonds. The summed E-state index contributed by atoms with van der Waals surface area (Å²) in [6, 6.07) is 4.44. The Bertz CT molecular complexity index is 604. The minimum atomic E-state index is -1.23. The van der Waals surface area contributed by atoms with E-state index in [0.29, 0.717) is 22.2 Å². The van der Waals surface area contributed by atoms with Gasteiger partial charge in [-0.05, 0) is 18.2 Å². The van der Waals surface area contributed by atoms with Gasteiger partial charge in [0.15, 0.2) is 17.4 Å². The fraction of sp³-hybridized carbons (Fsp3) is 0.154. The van der Waals surface area contributed by atoms with Crippen molar-refractivity contribution >= 4 is 17.1 Å². The second kappa shape index (κ2) is 4.94. The summed E-state index contributed by atoms with van der Waals surface area (Å²) < 4.78 is 39.7. The number of benzene rings is 1. The van der Waals surface area contributed by atoms with Crippen molar-refractivity contribution < 1.29 is 18.0 Å². The summed E-state index contributed by atoms with van der Waals surface area (Å²) in [6.45, 7) is 1.71. The molecule has 0 saturated carbocycles. The van der Waals surface area contributed by atoms with Gasteiger partial charge in [0.05, 0.1) is 4.88 Å². The van der Waals surface area contributed by atoms with Crippen molar-refractivity contribution in [1.82, 2.24) is 0 Å². The van der Waals surface area contributed by atoms with E-state index >= 15 is 0 Å². The van der Waals surface area contributed by atoms with Crippen LogP contribution in [0.3, 0.4) is 0 Å². The zero-order chi connectivity index (χ0) is 13.3. The maximum absolute atomic E-state index is 13.5. The third kappa shape index (κ3) is 2.31. The first kappa shape index (κ1) is 12.8. The molecule has 5 heteroatoms. The number of hydrogen-bond donors (Lipinski definition) is 0. The molecule has 0 N–H and O–H groups in total. The second-order valence-electron chi connectivity index (χ2n) is 3.69. The van der Waals surface area contributed by atoms with E-state index in [0.717, 1.165) is 17.4 Å². The van der Waals surface area contributed by atoms with Crippen molar-refractivity contribution in [3.05, 3.63) is 46.6 Å². The molecule has 2 aromatic rings. The van der Waals surface area contributed by atoms with Crippen molar-refractivity contribution in [1.29, 1.82) is 0 Å². The molecule has 0 unspecified atom stereocenters. The summed E-state index contributed by atoms with van der Waals surface area (Å²) in [7, 11) is 0. The molecular formula is C13H9F3OS. The summed E-state index contributed by atoms with van der Waals surface area (Å²) >= 11 is 1.03. The Hall–Kier alpha value is -1.62. The van der Waals surface area contributed by atoms with Crippen LogP contribution in [0.4, 0.5) is 13.2 Å². The van der Waals surface area contributed by atoms with Gasteiger partial charge in [-0.25, -0.2) is 13.2 Å². The molecule has 1 aromatic heterocycles. The van der Waals surface area contributed by atoms with E-state index < -0.39 is 17.5 Å². The van der Waals surface area contributed by atoms with Crippen LogP contribution >= 0.6 is 11.3 Å². The van der Waals surface area contributed by atoms with E-state index in [1.165, 1.54) is 12.1 Å². The standard InChI is InChI=1S/C13H9F3OS/c1-2-10(17)12-4-3-11(18-12)8-5-7(14)6-9(15)13(8)16/h3-6H,2H2,1H3. The minimum Gasteiger partial charge on any atom is -0.293 e. The fourth-order valence-corrected chi connectivity index (χ4v) is 2.57. The lowest BCUT2D eigenvalue weighted by molar-refractivity contribution is 0.0992. The van der Waals surface area contributed by atoms with Gasteiger partial charge in [0, 0.05) is 22.9 Å². The molecule has 0 atom stereocenters. The summed E-state index contributed by atoms with van der Waals surface area (Å²) in [5, 5.41) is 0. The third-order valence-corrected chi connectivity index (χ3v) is 3.62. The van der Waals surface area contributed by atoms with Crippen molar-refractivity contribution in [2.24, 2.45) is 0 Å². The van der Waals surface area contributed by atoms with Gasteiger partial charge in [-0.1, -0.05) is 6.92 Å². The van der Waals surface area contributed by atoms with Gasteiger partial charge in [-0.3, -0.25) is 4.79 Å². The molecule has 1 heterocycles. The quantitative estimate of drug-likeness (QED) is 0.596.